The van der Waals surface area contributed by atoms with Crippen molar-refractivity contribution in [3.63, 3.8) is 0 Å². The maximum atomic E-state index is 5.12. The molecule has 2 aromatic rings. The lowest BCUT2D eigenvalue weighted by Crippen LogP contribution is -1.87. The molecule has 72 valence electrons. The highest BCUT2D eigenvalue weighted by atomic mass is 16.5. The number of benzene rings is 1. The third kappa shape index (κ3) is 1.48. The summed E-state index contributed by atoms with van der Waals surface area (Å²) in [6.07, 6.45) is 1.77. The highest BCUT2D eigenvalue weighted by molar-refractivity contribution is 5.83. The second-order valence-electron chi connectivity index (χ2n) is 2.94. The van der Waals surface area contributed by atoms with Gasteiger partial charge in [-0.05, 0) is 17.5 Å². The van der Waals surface area contributed by atoms with E-state index in [4.69, 9.17) is 9.47 Å². The first kappa shape index (κ1) is 8.81. The number of aromatic nitrogens is 1. The summed E-state index contributed by atoms with van der Waals surface area (Å²) in [6, 6.07) is 7.75. The Hall–Kier alpha value is -1.77. The monoisotopic (exact) mass is 189 g/mol. The van der Waals surface area contributed by atoms with Crippen LogP contribution in [-0.4, -0.2) is 19.2 Å². The van der Waals surface area contributed by atoms with E-state index in [0.29, 0.717) is 5.88 Å². The molecule has 0 amide bonds. The van der Waals surface area contributed by atoms with Gasteiger partial charge in [0.25, 0.3) is 0 Å². The number of hydrogen-bond acceptors (Lipinski definition) is 3. The minimum Gasteiger partial charge on any atom is -0.497 e. The number of rotatable bonds is 2. The Labute approximate surface area is 82.3 Å². The van der Waals surface area contributed by atoms with Gasteiger partial charge < -0.3 is 9.47 Å². The van der Waals surface area contributed by atoms with Crippen molar-refractivity contribution in [1.29, 1.82) is 0 Å². The van der Waals surface area contributed by atoms with Crippen LogP contribution in [0.3, 0.4) is 0 Å². The van der Waals surface area contributed by atoms with E-state index in [1.807, 2.05) is 24.3 Å². The Morgan fingerprint density at radius 3 is 2.57 bits per heavy atom. The molecule has 0 aliphatic heterocycles. The van der Waals surface area contributed by atoms with Gasteiger partial charge in [-0.2, -0.15) is 0 Å². The molecule has 0 aliphatic rings. The van der Waals surface area contributed by atoms with Crippen LogP contribution in [0.15, 0.2) is 30.5 Å². The van der Waals surface area contributed by atoms with Crippen LogP contribution in [0.2, 0.25) is 0 Å². The molecule has 0 aliphatic carbocycles. The van der Waals surface area contributed by atoms with Crippen LogP contribution >= 0.6 is 0 Å². The summed E-state index contributed by atoms with van der Waals surface area (Å²) < 4.78 is 10.2. The molecule has 1 aromatic heterocycles. The van der Waals surface area contributed by atoms with Crippen LogP contribution in [0.4, 0.5) is 0 Å². The Kier molecular flexibility index (Phi) is 2.23. The van der Waals surface area contributed by atoms with Gasteiger partial charge in [0.05, 0.1) is 14.2 Å². The average Bonchev–Trinajstić information content (AvgIpc) is 2.27. The first-order chi connectivity index (χ1) is 6.83. The van der Waals surface area contributed by atoms with E-state index < -0.39 is 0 Å². The van der Waals surface area contributed by atoms with Crippen LogP contribution in [0.5, 0.6) is 11.6 Å². The van der Waals surface area contributed by atoms with Gasteiger partial charge in [-0.3, -0.25) is 0 Å². The molecule has 0 unspecified atom stereocenters. The van der Waals surface area contributed by atoms with Gasteiger partial charge in [0.1, 0.15) is 5.75 Å². The summed E-state index contributed by atoms with van der Waals surface area (Å²) in [4.78, 5) is 4.12. The summed E-state index contributed by atoms with van der Waals surface area (Å²) in [5.74, 6) is 1.46. The summed E-state index contributed by atoms with van der Waals surface area (Å²) in [6.45, 7) is 0. The lowest BCUT2D eigenvalue weighted by atomic mass is 10.2. The van der Waals surface area contributed by atoms with Gasteiger partial charge in [0.15, 0.2) is 0 Å². The Morgan fingerprint density at radius 2 is 1.86 bits per heavy atom. The average molecular weight is 189 g/mol. The normalized spacial score (nSPS) is 10.1. The smallest absolute Gasteiger partial charge is 0.213 e. The van der Waals surface area contributed by atoms with Gasteiger partial charge >= 0.3 is 0 Å². The molecule has 3 heteroatoms. The van der Waals surface area contributed by atoms with Crippen molar-refractivity contribution in [2.24, 2.45) is 0 Å². The third-order valence-electron chi connectivity index (χ3n) is 2.11. The number of ether oxygens (including phenoxy) is 2. The summed E-state index contributed by atoms with van der Waals surface area (Å²) in [7, 11) is 3.26. The fourth-order valence-corrected chi connectivity index (χ4v) is 1.34. The second-order valence-corrected chi connectivity index (χ2v) is 2.94. The molecular formula is C11H11NO2. The quantitative estimate of drug-likeness (QED) is 0.726. The van der Waals surface area contributed by atoms with Crippen molar-refractivity contribution < 1.29 is 9.47 Å². The molecule has 1 aromatic carbocycles. The van der Waals surface area contributed by atoms with E-state index in [9.17, 15) is 0 Å². The van der Waals surface area contributed by atoms with Crippen molar-refractivity contribution in [2.75, 3.05) is 14.2 Å². The molecule has 0 spiro atoms. The molecule has 0 fully saturated rings. The van der Waals surface area contributed by atoms with Crippen LogP contribution in [0, 0.1) is 0 Å². The third-order valence-corrected chi connectivity index (χ3v) is 2.11. The molecular weight excluding hydrogens is 178 g/mol. The van der Waals surface area contributed by atoms with Crippen molar-refractivity contribution in [1.82, 2.24) is 4.98 Å². The number of hydrogen-bond donors (Lipinski definition) is 0. The van der Waals surface area contributed by atoms with Crippen molar-refractivity contribution >= 4 is 10.8 Å². The van der Waals surface area contributed by atoms with Crippen LogP contribution in [0.25, 0.3) is 10.8 Å². The number of nitrogens with zero attached hydrogens (tertiary/aromatic N) is 1. The van der Waals surface area contributed by atoms with Crippen LogP contribution < -0.4 is 9.47 Å². The fourth-order valence-electron chi connectivity index (χ4n) is 1.34. The lowest BCUT2D eigenvalue weighted by molar-refractivity contribution is 0.398. The fraction of sp³-hybridized carbons (Fsp3) is 0.182. The minimum atomic E-state index is 0.627. The molecule has 0 saturated heterocycles. The van der Waals surface area contributed by atoms with E-state index in [1.165, 1.54) is 0 Å². The van der Waals surface area contributed by atoms with Gasteiger partial charge in [0, 0.05) is 17.6 Å². The molecule has 1 heterocycles. The zero-order valence-corrected chi connectivity index (χ0v) is 8.15. The van der Waals surface area contributed by atoms with E-state index >= 15 is 0 Å². The van der Waals surface area contributed by atoms with E-state index in [-0.39, 0.29) is 0 Å². The highest BCUT2D eigenvalue weighted by Gasteiger charge is 1.98. The molecule has 3 nitrogen and oxygen atoms in total. The molecule has 14 heavy (non-hydrogen) atoms. The predicted molar refractivity (Wildman–Crippen MR) is 54.8 cm³/mol. The molecule has 0 saturated carbocycles. The van der Waals surface area contributed by atoms with Gasteiger partial charge in [-0.25, -0.2) is 4.98 Å². The SMILES string of the molecule is COc1ccc2cc(OC)ncc2c1. The zero-order chi connectivity index (χ0) is 9.97. The molecule has 0 atom stereocenters. The van der Waals surface area contributed by atoms with Gasteiger partial charge in [-0.15, -0.1) is 0 Å². The number of pyridine rings is 1. The molecule has 2 rings (SSSR count). The molecule has 0 bridgehead atoms. The zero-order valence-electron chi connectivity index (χ0n) is 8.15. The summed E-state index contributed by atoms with van der Waals surface area (Å²) in [5, 5.41) is 2.14. The van der Waals surface area contributed by atoms with Crippen molar-refractivity contribution in [3.05, 3.63) is 30.5 Å². The van der Waals surface area contributed by atoms with Crippen LogP contribution in [0.1, 0.15) is 0 Å². The Balaban J connectivity index is 2.57. The predicted octanol–water partition coefficient (Wildman–Crippen LogP) is 2.25. The summed E-state index contributed by atoms with van der Waals surface area (Å²) >= 11 is 0. The Bertz CT molecular complexity index is 411. The van der Waals surface area contributed by atoms with E-state index in [0.717, 1.165) is 16.5 Å². The first-order valence-corrected chi connectivity index (χ1v) is 4.31. The van der Waals surface area contributed by atoms with E-state index in [2.05, 4.69) is 4.98 Å². The minimum absolute atomic E-state index is 0.627. The molecule has 0 radical (unpaired) electrons. The number of fused-ring (bicyclic) bond motifs is 1. The molecule has 0 N–H and O–H groups in total. The maximum absolute atomic E-state index is 5.12. The van der Waals surface area contributed by atoms with Crippen molar-refractivity contribution in [2.45, 2.75) is 0 Å². The Morgan fingerprint density at radius 1 is 1.00 bits per heavy atom. The maximum Gasteiger partial charge on any atom is 0.213 e. The summed E-state index contributed by atoms with van der Waals surface area (Å²) in [5.41, 5.74) is 0. The van der Waals surface area contributed by atoms with Gasteiger partial charge in [-0.1, -0.05) is 6.07 Å². The van der Waals surface area contributed by atoms with Crippen LogP contribution in [-0.2, 0) is 0 Å². The van der Waals surface area contributed by atoms with E-state index in [1.54, 1.807) is 20.4 Å². The second kappa shape index (κ2) is 3.54. The largest absolute Gasteiger partial charge is 0.497 e. The number of methoxy groups -OCH3 is 2. The van der Waals surface area contributed by atoms with Crippen molar-refractivity contribution in [3.8, 4) is 11.6 Å². The first-order valence-electron chi connectivity index (χ1n) is 4.31. The standard InChI is InChI=1S/C11H11NO2/c1-13-10-4-3-8-6-11(14-2)12-7-9(8)5-10/h3-7H,1-2H3. The van der Waals surface area contributed by atoms with Gasteiger partial charge in [0.2, 0.25) is 5.88 Å². The lowest BCUT2D eigenvalue weighted by Gasteiger charge is -2.03. The highest BCUT2D eigenvalue weighted by Crippen LogP contribution is 2.22. The topological polar surface area (TPSA) is 31.4 Å².